The molecule has 2 amide bonds. The molecule has 0 aliphatic carbocycles. The van der Waals surface area contributed by atoms with Crippen LogP contribution in [0, 0.1) is 6.92 Å². The topological polar surface area (TPSA) is 86.8 Å². The van der Waals surface area contributed by atoms with Gasteiger partial charge in [0, 0.05) is 28.0 Å². The van der Waals surface area contributed by atoms with E-state index in [0.29, 0.717) is 16.3 Å². The number of carbonyl (C=O) groups is 2. The number of amides is 2. The Bertz CT molecular complexity index is 1730. The predicted octanol–water partition coefficient (Wildman–Crippen LogP) is 7.16. The number of halogens is 2. The van der Waals surface area contributed by atoms with Gasteiger partial charge in [0.2, 0.25) is 11.8 Å². The molecule has 45 heavy (non-hydrogen) atoms. The lowest BCUT2D eigenvalue weighted by molar-refractivity contribution is -0.140. The van der Waals surface area contributed by atoms with Gasteiger partial charge in [-0.05, 0) is 81.3 Å². The lowest BCUT2D eigenvalue weighted by atomic mass is 10.0. The van der Waals surface area contributed by atoms with E-state index in [-0.39, 0.29) is 23.8 Å². The first-order valence-electron chi connectivity index (χ1n) is 14.5. The summed E-state index contributed by atoms with van der Waals surface area (Å²) in [5, 5.41) is 3.46. The highest BCUT2D eigenvalue weighted by Crippen LogP contribution is 2.27. The Kier molecular flexibility index (Phi) is 11.1. The molecule has 4 aromatic rings. The molecule has 10 heteroatoms. The molecule has 0 spiro atoms. The molecule has 7 nitrogen and oxygen atoms in total. The van der Waals surface area contributed by atoms with E-state index in [1.807, 2.05) is 58.0 Å². The average molecular weight is 711 g/mol. The van der Waals surface area contributed by atoms with E-state index in [1.54, 1.807) is 60.7 Å². The van der Waals surface area contributed by atoms with Crippen LogP contribution in [0.15, 0.2) is 112 Å². The summed E-state index contributed by atoms with van der Waals surface area (Å²) >= 11 is 9.96. The third-order valence-corrected chi connectivity index (χ3v) is 9.76. The molecule has 0 aliphatic heterocycles. The number of rotatable bonds is 11. The first kappa shape index (κ1) is 34.2. The van der Waals surface area contributed by atoms with Crippen LogP contribution in [0.4, 0.5) is 5.69 Å². The number of hydrogen-bond acceptors (Lipinski definition) is 4. The molecule has 0 bridgehead atoms. The van der Waals surface area contributed by atoms with Crippen LogP contribution in [0.3, 0.4) is 0 Å². The van der Waals surface area contributed by atoms with E-state index in [1.165, 1.54) is 17.0 Å². The normalized spacial score (nSPS) is 12.3. The van der Waals surface area contributed by atoms with Gasteiger partial charge in [-0.1, -0.05) is 93.8 Å². The van der Waals surface area contributed by atoms with E-state index in [9.17, 15) is 18.0 Å². The van der Waals surface area contributed by atoms with Crippen LogP contribution in [0.1, 0.15) is 37.5 Å². The molecule has 0 unspecified atom stereocenters. The molecule has 0 heterocycles. The SMILES string of the molecule is Cc1ccc(S(=O)(=O)N(CC(=O)N(Cc2ccccc2Cl)[C@H](Cc2ccccc2)C(=O)NC(C)(C)C)c2ccc(Br)cc2)cc1. The Hall–Kier alpha value is -3.66. The summed E-state index contributed by atoms with van der Waals surface area (Å²) in [7, 11) is -4.18. The molecule has 0 saturated heterocycles. The summed E-state index contributed by atoms with van der Waals surface area (Å²) in [5.41, 5.74) is 2.11. The fourth-order valence-corrected chi connectivity index (χ4v) is 6.66. The van der Waals surface area contributed by atoms with E-state index in [2.05, 4.69) is 21.2 Å². The van der Waals surface area contributed by atoms with E-state index in [0.717, 1.165) is 19.9 Å². The van der Waals surface area contributed by atoms with Crippen LogP contribution in [-0.4, -0.2) is 43.3 Å². The van der Waals surface area contributed by atoms with Crippen molar-refractivity contribution < 1.29 is 18.0 Å². The minimum Gasteiger partial charge on any atom is -0.350 e. The third kappa shape index (κ3) is 9.19. The minimum atomic E-state index is -4.18. The van der Waals surface area contributed by atoms with Crippen molar-refractivity contribution in [3.8, 4) is 0 Å². The molecule has 1 atom stereocenters. The lowest BCUT2D eigenvalue weighted by Gasteiger charge is -2.35. The van der Waals surface area contributed by atoms with Gasteiger partial charge in [-0.25, -0.2) is 8.42 Å². The number of nitrogens with zero attached hydrogens (tertiary/aromatic N) is 2. The number of sulfonamides is 1. The highest BCUT2D eigenvalue weighted by atomic mass is 79.9. The Morgan fingerprint density at radius 3 is 2.07 bits per heavy atom. The molecule has 1 N–H and O–H groups in total. The van der Waals surface area contributed by atoms with Gasteiger partial charge in [0.25, 0.3) is 10.0 Å². The van der Waals surface area contributed by atoms with Gasteiger partial charge in [-0.15, -0.1) is 0 Å². The average Bonchev–Trinajstić information content (AvgIpc) is 2.99. The van der Waals surface area contributed by atoms with Gasteiger partial charge in [0.15, 0.2) is 0 Å². The van der Waals surface area contributed by atoms with Crippen molar-refractivity contribution in [3.63, 3.8) is 0 Å². The van der Waals surface area contributed by atoms with Gasteiger partial charge < -0.3 is 10.2 Å². The fourth-order valence-electron chi connectivity index (χ4n) is 4.79. The highest BCUT2D eigenvalue weighted by Gasteiger charge is 2.35. The maximum Gasteiger partial charge on any atom is 0.264 e. The predicted molar refractivity (Wildman–Crippen MR) is 184 cm³/mol. The maximum atomic E-state index is 14.5. The number of hydrogen-bond donors (Lipinski definition) is 1. The molecular weight excluding hydrogens is 674 g/mol. The van der Waals surface area contributed by atoms with Gasteiger partial charge in [-0.3, -0.25) is 13.9 Å². The first-order chi connectivity index (χ1) is 21.2. The van der Waals surface area contributed by atoms with Crippen LogP contribution in [-0.2, 0) is 32.6 Å². The molecular formula is C35H37BrClN3O4S. The van der Waals surface area contributed by atoms with Crippen LogP contribution >= 0.6 is 27.5 Å². The van der Waals surface area contributed by atoms with Crippen LogP contribution in [0.2, 0.25) is 5.02 Å². The maximum absolute atomic E-state index is 14.5. The molecule has 4 aromatic carbocycles. The van der Waals surface area contributed by atoms with Gasteiger partial charge in [0.1, 0.15) is 12.6 Å². The standard InChI is InChI=1S/C35H37BrClN3O4S/c1-25-14-20-30(21-15-25)45(43,44)40(29-18-16-28(36)17-19-29)24-33(41)39(23-27-12-8-9-13-31(27)37)32(34(42)38-35(2,3)4)22-26-10-6-5-7-11-26/h5-21,32H,22-24H2,1-4H3,(H,38,42)/t32-/m1/s1. The van der Waals surface area contributed by atoms with E-state index >= 15 is 0 Å². The number of aryl methyl sites for hydroxylation is 1. The van der Waals surface area contributed by atoms with Crippen LogP contribution < -0.4 is 9.62 Å². The zero-order valence-electron chi connectivity index (χ0n) is 25.7. The zero-order chi connectivity index (χ0) is 32.8. The summed E-state index contributed by atoms with van der Waals surface area (Å²) < 4.78 is 30.1. The minimum absolute atomic E-state index is 0.00761. The smallest absolute Gasteiger partial charge is 0.264 e. The summed E-state index contributed by atoms with van der Waals surface area (Å²) in [6, 6.07) is 28.7. The second-order valence-corrected chi connectivity index (χ2v) is 15.0. The Morgan fingerprint density at radius 2 is 1.47 bits per heavy atom. The molecule has 0 fully saturated rings. The van der Waals surface area contributed by atoms with Crippen molar-refractivity contribution in [3.05, 3.63) is 129 Å². The van der Waals surface area contributed by atoms with Crippen molar-refractivity contribution in [1.29, 1.82) is 0 Å². The largest absolute Gasteiger partial charge is 0.350 e. The molecule has 0 radical (unpaired) electrons. The number of carbonyl (C=O) groups excluding carboxylic acids is 2. The Balaban J connectivity index is 1.82. The van der Waals surface area contributed by atoms with Crippen molar-refractivity contribution >= 4 is 55.1 Å². The molecule has 0 aliphatic rings. The second kappa shape index (κ2) is 14.6. The van der Waals surface area contributed by atoms with E-state index in [4.69, 9.17) is 11.6 Å². The molecule has 236 valence electrons. The Labute approximate surface area is 279 Å². The number of benzene rings is 4. The van der Waals surface area contributed by atoms with Crippen molar-refractivity contribution in [2.75, 3.05) is 10.8 Å². The third-order valence-electron chi connectivity index (χ3n) is 7.07. The monoisotopic (exact) mass is 709 g/mol. The quantitative estimate of drug-likeness (QED) is 0.179. The van der Waals surface area contributed by atoms with Gasteiger partial charge >= 0.3 is 0 Å². The summed E-state index contributed by atoms with van der Waals surface area (Å²) in [4.78, 5) is 30.0. The van der Waals surface area contributed by atoms with Crippen molar-refractivity contribution in [2.24, 2.45) is 0 Å². The van der Waals surface area contributed by atoms with Gasteiger partial charge in [0.05, 0.1) is 10.6 Å². The number of anilines is 1. The summed E-state index contributed by atoms with van der Waals surface area (Å²) in [6.45, 7) is 6.92. The second-order valence-electron chi connectivity index (χ2n) is 11.9. The highest BCUT2D eigenvalue weighted by molar-refractivity contribution is 9.10. The van der Waals surface area contributed by atoms with Gasteiger partial charge in [-0.2, -0.15) is 0 Å². The van der Waals surface area contributed by atoms with Crippen LogP contribution in [0.25, 0.3) is 0 Å². The molecule has 4 rings (SSSR count). The fraction of sp³-hybridized carbons (Fsp3) is 0.257. The lowest BCUT2D eigenvalue weighted by Crippen LogP contribution is -2.56. The van der Waals surface area contributed by atoms with E-state index < -0.39 is 34.1 Å². The molecule has 0 aromatic heterocycles. The van der Waals surface area contributed by atoms with Crippen molar-refractivity contribution in [2.45, 2.75) is 57.1 Å². The number of nitrogens with one attached hydrogen (secondary N) is 1. The summed E-state index contributed by atoms with van der Waals surface area (Å²) in [5.74, 6) is -0.915. The zero-order valence-corrected chi connectivity index (χ0v) is 28.9. The molecule has 0 saturated carbocycles. The first-order valence-corrected chi connectivity index (χ1v) is 17.1. The Morgan fingerprint density at radius 1 is 0.867 bits per heavy atom. The van der Waals surface area contributed by atoms with Crippen molar-refractivity contribution in [1.82, 2.24) is 10.2 Å². The summed E-state index contributed by atoms with van der Waals surface area (Å²) in [6.07, 6.45) is 0.210. The van der Waals surface area contributed by atoms with Crippen LogP contribution in [0.5, 0.6) is 0 Å².